The van der Waals surface area contributed by atoms with Gasteiger partial charge in [0.15, 0.2) is 0 Å². The van der Waals surface area contributed by atoms with Crippen molar-refractivity contribution >= 4 is 5.91 Å². The molecule has 10 heavy (non-hydrogen) atoms. The highest BCUT2D eigenvalue weighted by Crippen LogP contribution is 2.37. The van der Waals surface area contributed by atoms with E-state index < -0.39 is 0 Å². The zero-order chi connectivity index (χ0) is 7.56. The van der Waals surface area contributed by atoms with Crippen LogP contribution >= 0.6 is 0 Å². The van der Waals surface area contributed by atoms with E-state index in [4.69, 9.17) is 6.42 Å². The summed E-state index contributed by atoms with van der Waals surface area (Å²) in [4.78, 5) is 11.0. The third-order valence-electron chi connectivity index (χ3n) is 1.81. The van der Waals surface area contributed by atoms with E-state index in [-0.39, 0.29) is 11.8 Å². The van der Waals surface area contributed by atoms with Crippen molar-refractivity contribution in [2.75, 3.05) is 6.54 Å². The monoisotopic (exact) mass is 137 g/mol. The van der Waals surface area contributed by atoms with Gasteiger partial charge in [-0.3, -0.25) is 4.79 Å². The highest BCUT2D eigenvalue weighted by atomic mass is 16.2. The molecule has 0 aromatic carbocycles. The van der Waals surface area contributed by atoms with E-state index in [0.29, 0.717) is 12.5 Å². The highest BCUT2D eigenvalue weighted by Gasteiger charge is 2.38. The third-order valence-corrected chi connectivity index (χ3v) is 1.81. The molecule has 0 bridgehead atoms. The fourth-order valence-electron chi connectivity index (χ4n) is 0.957. The minimum absolute atomic E-state index is 0.116. The summed E-state index contributed by atoms with van der Waals surface area (Å²) in [6.45, 7) is 2.43. The van der Waals surface area contributed by atoms with Crippen LogP contribution in [0.3, 0.4) is 0 Å². The summed E-state index contributed by atoms with van der Waals surface area (Å²) in [7, 11) is 0. The molecule has 2 atom stereocenters. The Morgan fingerprint density at radius 2 is 2.50 bits per heavy atom. The summed E-state index contributed by atoms with van der Waals surface area (Å²) in [5.41, 5.74) is 0. The Morgan fingerprint density at radius 1 is 1.90 bits per heavy atom. The van der Waals surface area contributed by atoms with Crippen molar-refractivity contribution in [2.24, 2.45) is 11.8 Å². The van der Waals surface area contributed by atoms with Crippen molar-refractivity contribution in [3.63, 3.8) is 0 Å². The fraction of sp³-hybridized carbons (Fsp3) is 0.625. The van der Waals surface area contributed by atoms with Gasteiger partial charge >= 0.3 is 0 Å². The molecule has 0 spiro atoms. The van der Waals surface area contributed by atoms with Crippen LogP contribution in [0.2, 0.25) is 0 Å². The predicted molar refractivity (Wildman–Crippen MR) is 39.1 cm³/mol. The van der Waals surface area contributed by atoms with Crippen LogP contribution < -0.4 is 5.32 Å². The first-order valence-corrected chi connectivity index (χ1v) is 3.47. The quantitative estimate of drug-likeness (QED) is 0.548. The minimum atomic E-state index is 0.116. The van der Waals surface area contributed by atoms with E-state index in [9.17, 15) is 4.79 Å². The van der Waals surface area contributed by atoms with Crippen molar-refractivity contribution in [1.29, 1.82) is 0 Å². The van der Waals surface area contributed by atoms with Gasteiger partial charge in [0.1, 0.15) is 0 Å². The van der Waals surface area contributed by atoms with E-state index in [1.807, 2.05) is 0 Å². The highest BCUT2D eigenvalue weighted by molar-refractivity contribution is 5.81. The molecule has 1 N–H and O–H groups in total. The lowest BCUT2D eigenvalue weighted by molar-refractivity contribution is -0.122. The SMILES string of the molecule is C#CCNC(=O)C1CC1C. The number of amides is 1. The van der Waals surface area contributed by atoms with Crippen LogP contribution in [-0.4, -0.2) is 12.5 Å². The molecular weight excluding hydrogens is 126 g/mol. The topological polar surface area (TPSA) is 29.1 Å². The number of hydrogen-bond acceptors (Lipinski definition) is 1. The Kier molecular flexibility index (Phi) is 1.96. The number of carbonyl (C=O) groups is 1. The summed E-state index contributed by atoms with van der Waals surface area (Å²) in [5, 5.41) is 2.65. The van der Waals surface area contributed by atoms with E-state index >= 15 is 0 Å². The third kappa shape index (κ3) is 1.51. The number of rotatable bonds is 2. The maximum Gasteiger partial charge on any atom is 0.224 e. The first kappa shape index (κ1) is 7.14. The molecule has 0 aromatic rings. The van der Waals surface area contributed by atoms with Crippen LogP contribution in [0.25, 0.3) is 0 Å². The number of nitrogens with one attached hydrogen (secondary N) is 1. The van der Waals surface area contributed by atoms with Crippen molar-refractivity contribution in [3.8, 4) is 12.3 Å². The molecular formula is C8H11NO. The van der Waals surface area contributed by atoms with Gasteiger partial charge in [0, 0.05) is 5.92 Å². The Bertz CT molecular complexity index is 180. The molecule has 1 amide bonds. The van der Waals surface area contributed by atoms with E-state index in [1.54, 1.807) is 0 Å². The van der Waals surface area contributed by atoms with Gasteiger partial charge < -0.3 is 5.32 Å². The smallest absolute Gasteiger partial charge is 0.224 e. The average Bonchev–Trinajstić information content (AvgIpc) is 2.62. The van der Waals surface area contributed by atoms with Crippen LogP contribution in [-0.2, 0) is 4.79 Å². The van der Waals surface area contributed by atoms with Gasteiger partial charge in [-0.2, -0.15) is 0 Å². The van der Waals surface area contributed by atoms with Gasteiger partial charge in [-0.05, 0) is 12.3 Å². The van der Waals surface area contributed by atoms with Gasteiger partial charge in [0.25, 0.3) is 0 Å². The summed E-state index contributed by atoms with van der Waals surface area (Å²) < 4.78 is 0. The minimum Gasteiger partial charge on any atom is -0.345 e. The van der Waals surface area contributed by atoms with Crippen LogP contribution in [0.15, 0.2) is 0 Å². The van der Waals surface area contributed by atoms with Gasteiger partial charge in [-0.15, -0.1) is 6.42 Å². The van der Waals surface area contributed by atoms with Gasteiger partial charge in [0.05, 0.1) is 6.54 Å². The second kappa shape index (κ2) is 2.74. The summed E-state index contributed by atoms with van der Waals surface area (Å²) in [6, 6.07) is 0. The molecule has 54 valence electrons. The normalized spacial score (nSPS) is 28.8. The maximum absolute atomic E-state index is 11.0. The molecule has 0 radical (unpaired) electrons. The molecule has 2 nitrogen and oxygen atoms in total. The fourth-order valence-corrected chi connectivity index (χ4v) is 0.957. The van der Waals surface area contributed by atoms with Crippen molar-refractivity contribution < 1.29 is 4.79 Å². The second-order valence-corrected chi connectivity index (χ2v) is 2.74. The zero-order valence-corrected chi connectivity index (χ0v) is 6.05. The van der Waals surface area contributed by atoms with Gasteiger partial charge in [-0.1, -0.05) is 12.8 Å². The molecule has 1 fully saturated rings. The van der Waals surface area contributed by atoms with Crippen LogP contribution in [0.1, 0.15) is 13.3 Å². The zero-order valence-electron chi connectivity index (χ0n) is 6.05. The van der Waals surface area contributed by atoms with Crippen LogP contribution in [0.4, 0.5) is 0 Å². The second-order valence-electron chi connectivity index (χ2n) is 2.74. The Morgan fingerprint density at radius 3 is 2.90 bits per heavy atom. The van der Waals surface area contributed by atoms with E-state index in [2.05, 4.69) is 18.2 Å². The molecule has 1 aliphatic rings. The lowest BCUT2D eigenvalue weighted by atomic mass is 10.3. The summed E-state index contributed by atoms with van der Waals surface area (Å²) in [5.74, 6) is 3.29. The van der Waals surface area contributed by atoms with Gasteiger partial charge in [-0.25, -0.2) is 0 Å². The van der Waals surface area contributed by atoms with E-state index in [1.165, 1.54) is 0 Å². The Balaban J connectivity index is 2.18. The lowest BCUT2D eigenvalue weighted by Gasteiger charge is -1.96. The Hall–Kier alpha value is -0.970. The molecule has 2 heteroatoms. The summed E-state index contributed by atoms with van der Waals surface area (Å²) >= 11 is 0. The number of terminal acetylenes is 1. The van der Waals surface area contributed by atoms with E-state index in [0.717, 1.165) is 6.42 Å². The van der Waals surface area contributed by atoms with Crippen LogP contribution in [0.5, 0.6) is 0 Å². The summed E-state index contributed by atoms with van der Waals surface area (Å²) in [6.07, 6.45) is 5.99. The first-order chi connectivity index (χ1) is 4.75. The molecule has 0 aromatic heterocycles. The van der Waals surface area contributed by atoms with Gasteiger partial charge in [0.2, 0.25) is 5.91 Å². The number of carbonyl (C=O) groups excluding carboxylic acids is 1. The Labute approximate surface area is 61.0 Å². The van der Waals surface area contributed by atoms with Crippen molar-refractivity contribution in [3.05, 3.63) is 0 Å². The lowest BCUT2D eigenvalue weighted by Crippen LogP contribution is -2.25. The molecule has 0 heterocycles. The first-order valence-electron chi connectivity index (χ1n) is 3.47. The average molecular weight is 137 g/mol. The largest absolute Gasteiger partial charge is 0.345 e. The van der Waals surface area contributed by atoms with Crippen molar-refractivity contribution in [1.82, 2.24) is 5.32 Å². The molecule has 0 aliphatic heterocycles. The van der Waals surface area contributed by atoms with Crippen molar-refractivity contribution in [2.45, 2.75) is 13.3 Å². The predicted octanol–water partition coefficient (Wildman–Crippen LogP) is 0.392. The molecule has 2 unspecified atom stereocenters. The number of hydrogen-bond donors (Lipinski definition) is 1. The molecule has 1 aliphatic carbocycles. The molecule has 1 saturated carbocycles. The molecule has 1 rings (SSSR count). The maximum atomic E-state index is 11.0. The molecule has 0 saturated heterocycles. The van der Waals surface area contributed by atoms with Crippen LogP contribution in [0, 0.1) is 24.2 Å². The standard InChI is InChI=1S/C8H11NO/c1-3-4-9-8(10)7-5-6(7)2/h1,6-7H,4-5H2,2H3,(H,9,10).